The second-order valence-corrected chi connectivity index (χ2v) is 10.3. The lowest BCUT2D eigenvalue weighted by atomic mass is 9.60. The molecule has 0 radical (unpaired) electrons. The van der Waals surface area contributed by atoms with Gasteiger partial charge in [-0.15, -0.1) is 0 Å². The standard InChI is InChI=1S/C31H46FNO/c1-4-7-8-9-13-22-34-27-17-18-28(29(32)23-27)30-19-16-26(24-33-30)31(20-11-10-12-21-31)25(14-5-2)15-6-3/h16-19,23-25H,4-15,20-22H2,1-3H3. The first-order valence-corrected chi connectivity index (χ1v) is 14.0. The van der Waals surface area contributed by atoms with Crippen molar-refractivity contribution >= 4 is 0 Å². The van der Waals surface area contributed by atoms with Gasteiger partial charge in [-0.3, -0.25) is 4.98 Å². The quantitative estimate of drug-likeness (QED) is 0.258. The van der Waals surface area contributed by atoms with E-state index in [1.807, 2.05) is 18.2 Å². The number of benzene rings is 1. The van der Waals surface area contributed by atoms with E-state index in [1.165, 1.54) is 95.1 Å². The van der Waals surface area contributed by atoms with Gasteiger partial charge in [0.1, 0.15) is 11.6 Å². The Morgan fingerprint density at radius 2 is 1.62 bits per heavy atom. The van der Waals surface area contributed by atoms with Gasteiger partial charge in [-0.1, -0.05) is 84.6 Å². The molecule has 3 heteroatoms. The van der Waals surface area contributed by atoms with E-state index < -0.39 is 0 Å². The molecule has 1 aromatic heterocycles. The van der Waals surface area contributed by atoms with E-state index >= 15 is 0 Å². The minimum Gasteiger partial charge on any atom is -0.493 e. The second kappa shape index (κ2) is 13.9. The lowest BCUT2D eigenvalue weighted by molar-refractivity contribution is 0.167. The van der Waals surface area contributed by atoms with Crippen LogP contribution in [0.2, 0.25) is 0 Å². The van der Waals surface area contributed by atoms with Crippen molar-refractivity contribution in [3.63, 3.8) is 0 Å². The molecule has 0 saturated heterocycles. The van der Waals surface area contributed by atoms with Crippen LogP contribution in [0.4, 0.5) is 4.39 Å². The number of halogens is 1. The zero-order valence-electron chi connectivity index (χ0n) is 21.9. The van der Waals surface area contributed by atoms with E-state index in [4.69, 9.17) is 9.72 Å². The molecule has 1 fully saturated rings. The van der Waals surface area contributed by atoms with E-state index in [1.54, 1.807) is 0 Å². The summed E-state index contributed by atoms with van der Waals surface area (Å²) in [5, 5.41) is 0. The first-order chi connectivity index (χ1) is 16.6. The molecule has 2 nitrogen and oxygen atoms in total. The molecule has 1 saturated carbocycles. The fourth-order valence-electron chi connectivity index (χ4n) is 6.05. The summed E-state index contributed by atoms with van der Waals surface area (Å²) < 4.78 is 20.7. The smallest absolute Gasteiger partial charge is 0.136 e. The fourth-order valence-corrected chi connectivity index (χ4v) is 6.05. The molecule has 1 aliphatic carbocycles. The molecule has 2 aromatic rings. The van der Waals surface area contributed by atoms with Crippen LogP contribution < -0.4 is 4.74 Å². The Balaban J connectivity index is 1.72. The minimum absolute atomic E-state index is 0.239. The Bertz CT molecular complexity index is 835. The van der Waals surface area contributed by atoms with Crippen molar-refractivity contribution in [2.45, 2.75) is 116 Å². The molecule has 188 valence electrons. The summed E-state index contributed by atoms with van der Waals surface area (Å²) in [4.78, 5) is 4.79. The molecule has 3 rings (SSSR count). The van der Waals surface area contributed by atoms with E-state index in [2.05, 4.69) is 33.0 Å². The Kier molecular flexibility index (Phi) is 10.9. The predicted octanol–water partition coefficient (Wildman–Crippen LogP) is 9.66. The van der Waals surface area contributed by atoms with Gasteiger partial charge in [0.2, 0.25) is 0 Å². The summed E-state index contributed by atoms with van der Waals surface area (Å²) in [5.74, 6) is 1.06. The molecule has 0 atom stereocenters. The zero-order chi connectivity index (χ0) is 24.2. The maximum Gasteiger partial charge on any atom is 0.136 e. The number of hydrogen-bond acceptors (Lipinski definition) is 2. The van der Waals surface area contributed by atoms with Gasteiger partial charge in [-0.05, 0) is 67.2 Å². The van der Waals surface area contributed by atoms with Gasteiger partial charge in [0.25, 0.3) is 0 Å². The molecule has 1 heterocycles. The van der Waals surface area contributed by atoms with Crippen LogP contribution in [-0.4, -0.2) is 11.6 Å². The third-order valence-electron chi connectivity index (χ3n) is 7.87. The summed E-state index contributed by atoms with van der Waals surface area (Å²) in [6.07, 6.45) is 19.5. The number of aromatic nitrogens is 1. The number of ether oxygens (including phenoxy) is 1. The van der Waals surface area contributed by atoms with Crippen LogP contribution >= 0.6 is 0 Å². The fraction of sp³-hybridized carbons (Fsp3) is 0.645. The molecule has 0 bridgehead atoms. The molecule has 1 aliphatic rings. The van der Waals surface area contributed by atoms with Crippen molar-refractivity contribution in [2.24, 2.45) is 5.92 Å². The molecular formula is C31H46FNO. The highest BCUT2D eigenvalue weighted by Gasteiger charge is 2.40. The number of nitrogens with zero attached hydrogens (tertiary/aromatic N) is 1. The van der Waals surface area contributed by atoms with Gasteiger partial charge in [0.05, 0.1) is 12.3 Å². The van der Waals surface area contributed by atoms with Crippen molar-refractivity contribution in [1.29, 1.82) is 0 Å². The third kappa shape index (κ3) is 6.83. The van der Waals surface area contributed by atoms with Crippen LogP contribution in [0.15, 0.2) is 36.5 Å². The zero-order valence-corrected chi connectivity index (χ0v) is 21.9. The Morgan fingerprint density at radius 3 is 2.24 bits per heavy atom. The molecule has 1 aromatic carbocycles. The molecule has 0 aliphatic heterocycles. The van der Waals surface area contributed by atoms with E-state index in [-0.39, 0.29) is 11.2 Å². The van der Waals surface area contributed by atoms with Crippen molar-refractivity contribution in [3.8, 4) is 17.0 Å². The Hall–Kier alpha value is -1.90. The van der Waals surface area contributed by atoms with E-state index in [0.717, 1.165) is 6.42 Å². The van der Waals surface area contributed by atoms with Crippen molar-refractivity contribution in [1.82, 2.24) is 4.98 Å². The number of unbranched alkanes of at least 4 members (excludes halogenated alkanes) is 4. The Morgan fingerprint density at radius 1 is 0.882 bits per heavy atom. The highest BCUT2D eigenvalue weighted by molar-refractivity contribution is 5.61. The highest BCUT2D eigenvalue weighted by atomic mass is 19.1. The first-order valence-electron chi connectivity index (χ1n) is 14.0. The van der Waals surface area contributed by atoms with Gasteiger partial charge in [-0.25, -0.2) is 4.39 Å². The van der Waals surface area contributed by atoms with Gasteiger partial charge >= 0.3 is 0 Å². The number of rotatable bonds is 14. The maximum atomic E-state index is 15.0. The van der Waals surface area contributed by atoms with Gasteiger partial charge in [-0.2, -0.15) is 0 Å². The minimum atomic E-state index is -0.258. The van der Waals surface area contributed by atoms with Gasteiger partial charge in [0, 0.05) is 17.8 Å². The van der Waals surface area contributed by atoms with Crippen LogP contribution in [0, 0.1) is 11.7 Å². The van der Waals surface area contributed by atoms with Crippen LogP contribution in [0.5, 0.6) is 5.75 Å². The van der Waals surface area contributed by atoms with E-state index in [0.29, 0.717) is 29.5 Å². The average molecular weight is 468 g/mol. The number of hydrogen-bond donors (Lipinski definition) is 0. The Labute approximate surface area is 207 Å². The molecular weight excluding hydrogens is 421 g/mol. The average Bonchev–Trinajstić information content (AvgIpc) is 2.87. The van der Waals surface area contributed by atoms with Crippen molar-refractivity contribution < 1.29 is 9.13 Å². The predicted molar refractivity (Wildman–Crippen MR) is 142 cm³/mol. The van der Waals surface area contributed by atoms with E-state index in [9.17, 15) is 4.39 Å². The SMILES string of the molecule is CCCCCCCOc1ccc(-c2ccc(C3(C(CCC)CCC)CCCCC3)cn2)c(F)c1. The summed E-state index contributed by atoms with van der Waals surface area (Å²) in [6, 6.07) is 9.48. The molecule has 0 amide bonds. The van der Waals surface area contributed by atoms with Gasteiger partial charge in [0.15, 0.2) is 0 Å². The normalized spacial score (nSPS) is 15.6. The lowest BCUT2D eigenvalue weighted by Gasteiger charge is -2.44. The summed E-state index contributed by atoms with van der Waals surface area (Å²) in [6.45, 7) is 7.48. The summed E-state index contributed by atoms with van der Waals surface area (Å²) in [7, 11) is 0. The highest BCUT2D eigenvalue weighted by Crippen LogP contribution is 2.48. The molecule has 0 unspecified atom stereocenters. The topological polar surface area (TPSA) is 22.1 Å². The molecule has 0 N–H and O–H groups in total. The molecule has 0 spiro atoms. The van der Waals surface area contributed by atoms with Crippen LogP contribution in [0.1, 0.15) is 116 Å². The monoisotopic (exact) mass is 467 g/mol. The van der Waals surface area contributed by atoms with Gasteiger partial charge < -0.3 is 4.74 Å². The van der Waals surface area contributed by atoms with Crippen molar-refractivity contribution in [2.75, 3.05) is 6.61 Å². The lowest BCUT2D eigenvalue weighted by Crippen LogP contribution is -2.37. The number of pyridine rings is 1. The summed E-state index contributed by atoms with van der Waals surface area (Å²) in [5.41, 5.74) is 2.87. The molecule has 34 heavy (non-hydrogen) atoms. The third-order valence-corrected chi connectivity index (χ3v) is 7.87. The second-order valence-electron chi connectivity index (χ2n) is 10.3. The van der Waals surface area contributed by atoms with Crippen LogP contribution in [0.3, 0.4) is 0 Å². The first kappa shape index (κ1) is 26.7. The van der Waals surface area contributed by atoms with Crippen LogP contribution in [0.25, 0.3) is 11.3 Å². The summed E-state index contributed by atoms with van der Waals surface area (Å²) >= 11 is 0. The van der Waals surface area contributed by atoms with Crippen molar-refractivity contribution in [3.05, 3.63) is 47.9 Å². The largest absolute Gasteiger partial charge is 0.493 e. The van der Waals surface area contributed by atoms with Crippen LogP contribution in [-0.2, 0) is 5.41 Å². The maximum absolute atomic E-state index is 15.0.